The fourth-order valence-electron chi connectivity index (χ4n) is 4.69. The molecule has 8 nitrogen and oxygen atoms in total. The first-order valence-electron chi connectivity index (χ1n) is 11.3. The van der Waals surface area contributed by atoms with Gasteiger partial charge in [0.25, 0.3) is 5.89 Å². The van der Waals surface area contributed by atoms with Crippen molar-refractivity contribution in [1.82, 2.24) is 14.4 Å². The lowest BCUT2D eigenvalue weighted by Gasteiger charge is -2.34. The van der Waals surface area contributed by atoms with E-state index in [1.54, 1.807) is 29.6 Å². The molecule has 0 amide bonds. The van der Waals surface area contributed by atoms with Crippen LogP contribution in [0.5, 0.6) is 5.75 Å². The second kappa shape index (κ2) is 8.56. The van der Waals surface area contributed by atoms with Gasteiger partial charge in [-0.1, -0.05) is 19.0 Å². The summed E-state index contributed by atoms with van der Waals surface area (Å²) in [6.45, 7) is 7.13. The van der Waals surface area contributed by atoms with Crippen LogP contribution >= 0.6 is 0 Å². The summed E-state index contributed by atoms with van der Waals surface area (Å²) < 4.78 is 45.0. The number of fused-ring (bicyclic) bond motifs is 1. The van der Waals surface area contributed by atoms with Crippen molar-refractivity contribution in [2.45, 2.75) is 32.1 Å². The number of aromatic nitrogens is 2. The number of sulfonamides is 1. The molecule has 2 aromatic carbocycles. The Balaban J connectivity index is 1.48. The molecular formula is C25H27N3O5S. The average molecular weight is 482 g/mol. The summed E-state index contributed by atoms with van der Waals surface area (Å²) in [5.74, 6) is 2.50. The molecule has 0 bridgehead atoms. The molecule has 0 saturated carbocycles. The normalized spacial score (nSPS) is 19.5. The number of aryl methyl sites for hydroxylation is 1. The number of hydrogen-bond acceptors (Lipinski definition) is 7. The molecule has 1 saturated heterocycles. The molecule has 9 heteroatoms. The van der Waals surface area contributed by atoms with Gasteiger partial charge < -0.3 is 13.7 Å². The first-order chi connectivity index (χ1) is 16.3. The van der Waals surface area contributed by atoms with Crippen molar-refractivity contribution in [3.63, 3.8) is 0 Å². The standard InChI is InChI=1S/C25H27N3O5S/c1-15-11-16(2)14-28(13-15)34(29,30)20-9-10-22-21(12-20)17(3)23(32-22)25-26-24(27-33-25)18-5-7-19(31-4)8-6-18/h5-10,12,15-16H,11,13-14H2,1-4H3/t15-,16-/m1/s1. The van der Waals surface area contributed by atoms with Crippen LogP contribution in [0.15, 0.2) is 56.3 Å². The Hall–Kier alpha value is -3.17. The molecule has 3 heterocycles. The Bertz CT molecular complexity index is 1430. The van der Waals surface area contributed by atoms with Crippen LogP contribution in [0, 0.1) is 18.8 Å². The fraction of sp³-hybridized carbons (Fsp3) is 0.360. The van der Waals surface area contributed by atoms with Gasteiger partial charge >= 0.3 is 0 Å². The maximum Gasteiger partial charge on any atom is 0.294 e. The van der Waals surface area contributed by atoms with Crippen molar-refractivity contribution in [3.8, 4) is 28.8 Å². The molecule has 0 spiro atoms. The van der Waals surface area contributed by atoms with Gasteiger partial charge in [0.05, 0.1) is 12.0 Å². The minimum Gasteiger partial charge on any atom is -0.497 e. The van der Waals surface area contributed by atoms with Gasteiger partial charge in [0.1, 0.15) is 11.3 Å². The lowest BCUT2D eigenvalue weighted by Crippen LogP contribution is -2.42. The van der Waals surface area contributed by atoms with Crippen molar-refractivity contribution in [2.75, 3.05) is 20.2 Å². The molecule has 5 rings (SSSR count). The van der Waals surface area contributed by atoms with Crippen LogP contribution in [0.2, 0.25) is 0 Å². The molecule has 4 aromatic rings. The van der Waals surface area contributed by atoms with Crippen molar-refractivity contribution >= 4 is 21.0 Å². The Morgan fingerprint density at radius 2 is 1.76 bits per heavy atom. The van der Waals surface area contributed by atoms with Gasteiger partial charge in [0.15, 0.2) is 5.76 Å². The quantitative estimate of drug-likeness (QED) is 0.389. The van der Waals surface area contributed by atoms with E-state index >= 15 is 0 Å². The molecular weight excluding hydrogens is 454 g/mol. The highest BCUT2D eigenvalue weighted by atomic mass is 32.2. The molecule has 2 atom stereocenters. The SMILES string of the molecule is COc1ccc(-c2noc(-c3oc4ccc(S(=O)(=O)N5C[C@H](C)C[C@@H](C)C5)cc4c3C)n2)cc1. The molecule has 0 radical (unpaired) electrons. The number of hydrogen-bond donors (Lipinski definition) is 0. The van der Waals surface area contributed by atoms with E-state index in [1.165, 1.54) is 0 Å². The number of nitrogens with zero attached hydrogens (tertiary/aromatic N) is 3. The lowest BCUT2D eigenvalue weighted by atomic mass is 9.94. The molecule has 0 N–H and O–H groups in total. The lowest BCUT2D eigenvalue weighted by molar-refractivity contribution is 0.222. The molecule has 0 aliphatic carbocycles. The molecule has 0 unspecified atom stereocenters. The van der Waals surface area contributed by atoms with Crippen molar-refractivity contribution in [2.24, 2.45) is 11.8 Å². The molecule has 2 aromatic heterocycles. The van der Waals surface area contributed by atoms with E-state index in [-0.39, 0.29) is 10.8 Å². The molecule has 1 aliphatic rings. The van der Waals surface area contributed by atoms with Gasteiger partial charge in [0.2, 0.25) is 15.8 Å². The zero-order valence-corrected chi connectivity index (χ0v) is 20.4. The van der Waals surface area contributed by atoms with Crippen LogP contribution in [0.25, 0.3) is 34.0 Å². The summed E-state index contributed by atoms with van der Waals surface area (Å²) in [4.78, 5) is 4.75. The van der Waals surface area contributed by atoms with Gasteiger partial charge in [-0.25, -0.2) is 8.42 Å². The van der Waals surface area contributed by atoms with Crippen LogP contribution in [0.4, 0.5) is 0 Å². The minimum absolute atomic E-state index is 0.239. The topological polar surface area (TPSA) is 98.7 Å². The first-order valence-corrected chi connectivity index (χ1v) is 12.7. The van der Waals surface area contributed by atoms with Crippen molar-refractivity contribution in [3.05, 3.63) is 48.0 Å². The summed E-state index contributed by atoms with van der Waals surface area (Å²) in [5, 5.41) is 4.78. The van der Waals surface area contributed by atoms with Gasteiger partial charge in [-0.05, 0) is 67.6 Å². The molecule has 34 heavy (non-hydrogen) atoms. The third-order valence-electron chi connectivity index (χ3n) is 6.35. The second-order valence-corrected chi connectivity index (χ2v) is 11.1. The van der Waals surface area contributed by atoms with Gasteiger partial charge in [-0.2, -0.15) is 9.29 Å². The first kappa shape index (κ1) is 22.6. The van der Waals surface area contributed by atoms with Crippen LogP contribution in [-0.4, -0.2) is 43.1 Å². The highest BCUT2D eigenvalue weighted by molar-refractivity contribution is 7.89. The third kappa shape index (κ3) is 3.99. The molecule has 178 valence electrons. The Morgan fingerprint density at radius 3 is 2.44 bits per heavy atom. The van der Waals surface area contributed by atoms with E-state index < -0.39 is 10.0 Å². The predicted octanol–water partition coefficient (Wildman–Crippen LogP) is 5.13. The van der Waals surface area contributed by atoms with E-state index in [4.69, 9.17) is 13.7 Å². The number of benzene rings is 2. The number of rotatable bonds is 5. The van der Waals surface area contributed by atoms with Gasteiger partial charge in [0, 0.05) is 29.6 Å². The smallest absolute Gasteiger partial charge is 0.294 e. The van der Waals surface area contributed by atoms with E-state index in [0.717, 1.165) is 23.3 Å². The van der Waals surface area contributed by atoms with Crippen LogP contribution in [0.1, 0.15) is 25.8 Å². The predicted molar refractivity (Wildman–Crippen MR) is 128 cm³/mol. The highest BCUT2D eigenvalue weighted by Crippen LogP contribution is 2.35. The summed E-state index contributed by atoms with van der Waals surface area (Å²) >= 11 is 0. The molecule has 1 aliphatic heterocycles. The minimum atomic E-state index is -3.60. The monoisotopic (exact) mass is 481 g/mol. The summed E-state index contributed by atoms with van der Waals surface area (Å²) in [6.07, 6.45) is 1.04. The third-order valence-corrected chi connectivity index (χ3v) is 8.18. The number of piperidine rings is 1. The Kier molecular flexibility index (Phi) is 5.69. The maximum atomic E-state index is 13.4. The summed E-state index contributed by atoms with van der Waals surface area (Å²) in [6, 6.07) is 12.3. The zero-order valence-electron chi connectivity index (χ0n) is 19.6. The maximum absolute atomic E-state index is 13.4. The summed E-state index contributed by atoms with van der Waals surface area (Å²) in [7, 11) is -1.99. The van der Waals surface area contributed by atoms with Crippen LogP contribution < -0.4 is 4.74 Å². The number of methoxy groups -OCH3 is 1. The zero-order chi connectivity index (χ0) is 24.0. The summed E-state index contributed by atoms with van der Waals surface area (Å²) in [5.41, 5.74) is 2.09. The van der Waals surface area contributed by atoms with Crippen molar-refractivity contribution in [1.29, 1.82) is 0 Å². The van der Waals surface area contributed by atoms with Crippen LogP contribution in [0.3, 0.4) is 0 Å². The fourth-order valence-corrected chi connectivity index (χ4v) is 6.39. The Labute approximate surface area is 198 Å². The van der Waals surface area contributed by atoms with Crippen LogP contribution in [-0.2, 0) is 10.0 Å². The number of ether oxygens (including phenoxy) is 1. The van der Waals surface area contributed by atoms with E-state index in [0.29, 0.717) is 47.5 Å². The Morgan fingerprint density at radius 1 is 1.06 bits per heavy atom. The largest absolute Gasteiger partial charge is 0.497 e. The highest BCUT2D eigenvalue weighted by Gasteiger charge is 2.32. The average Bonchev–Trinajstić information content (AvgIpc) is 3.43. The van der Waals surface area contributed by atoms with E-state index in [1.807, 2.05) is 31.2 Å². The van der Waals surface area contributed by atoms with Gasteiger partial charge in [-0.15, -0.1) is 0 Å². The van der Waals surface area contributed by atoms with E-state index in [9.17, 15) is 8.42 Å². The van der Waals surface area contributed by atoms with E-state index in [2.05, 4.69) is 24.0 Å². The number of furan rings is 1. The molecule has 1 fully saturated rings. The second-order valence-electron chi connectivity index (χ2n) is 9.13. The van der Waals surface area contributed by atoms with Crippen molar-refractivity contribution < 1.29 is 22.1 Å². The van der Waals surface area contributed by atoms with Gasteiger partial charge in [-0.3, -0.25) is 0 Å².